The van der Waals surface area contributed by atoms with E-state index in [4.69, 9.17) is 0 Å². The minimum absolute atomic E-state index is 0.0957. The molecule has 0 radical (unpaired) electrons. The summed E-state index contributed by atoms with van der Waals surface area (Å²) in [4.78, 5) is 21.0. The van der Waals surface area contributed by atoms with Gasteiger partial charge in [-0.1, -0.05) is 25.1 Å². The molecule has 1 fully saturated rings. The molecule has 0 bridgehead atoms. The van der Waals surface area contributed by atoms with Crippen molar-refractivity contribution < 1.29 is 4.79 Å². The zero-order chi connectivity index (χ0) is 16.8. The van der Waals surface area contributed by atoms with Gasteiger partial charge in [-0.25, -0.2) is 0 Å². The zero-order valence-corrected chi connectivity index (χ0v) is 14.1. The molecule has 0 unspecified atom stereocenters. The summed E-state index contributed by atoms with van der Waals surface area (Å²) in [6.45, 7) is 6.55. The number of pyridine rings is 1. The number of aromatic nitrogens is 1. The van der Waals surface area contributed by atoms with Gasteiger partial charge in [0.05, 0.1) is 0 Å². The van der Waals surface area contributed by atoms with Crippen LogP contribution in [-0.4, -0.2) is 43.6 Å². The van der Waals surface area contributed by atoms with Crippen LogP contribution in [0.25, 0.3) is 0 Å². The fourth-order valence-electron chi connectivity index (χ4n) is 2.93. The summed E-state index contributed by atoms with van der Waals surface area (Å²) in [5, 5.41) is 2.88. The molecule has 0 atom stereocenters. The van der Waals surface area contributed by atoms with Crippen molar-refractivity contribution in [2.75, 3.05) is 42.5 Å². The maximum absolute atomic E-state index is 12.1. The van der Waals surface area contributed by atoms with E-state index >= 15 is 0 Å². The molecular weight excluding hydrogens is 300 g/mol. The number of piperazine rings is 1. The lowest BCUT2D eigenvalue weighted by Gasteiger charge is -2.37. The fourth-order valence-corrected chi connectivity index (χ4v) is 2.93. The average molecular weight is 324 g/mol. The van der Waals surface area contributed by atoms with Gasteiger partial charge in [0.15, 0.2) is 0 Å². The van der Waals surface area contributed by atoms with Crippen LogP contribution in [-0.2, 0) is 0 Å². The molecule has 1 N–H and O–H groups in total. The topological polar surface area (TPSA) is 48.5 Å². The summed E-state index contributed by atoms with van der Waals surface area (Å²) in [5.41, 5.74) is 2.83. The summed E-state index contributed by atoms with van der Waals surface area (Å²) in [7, 11) is 0. The van der Waals surface area contributed by atoms with Crippen molar-refractivity contribution in [3.63, 3.8) is 0 Å². The van der Waals surface area contributed by atoms with Gasteiger partial charge in [0, 0.05) is 50.3 Å². The molecule has 0 saturated carbocycles. The van der Waals surface area contributed by atoms with Crippen molar-refractivity contribution in [2.45, 2.75) is 13.3 Å². The Hall–Kier alpha value is -2.56. The Balaban J connectivity index is 1.63. The van der Waals surface area contributed by atoms with Gasteiger partial charge in [-0.2, -0.15) is 0 Å². The zero-order valence-electron chi connectivity index (χ0n) is 14.1. The summed E-state index contributed by atoms with van der Waals surface area (Å²) in [6.07, 6.45) is 2.65. The highest BCUT2D eigenvalue weighted by atomic mass is 16.1. The highest BCUT2D eigenvalue weighted by Gasteiger charge is 2.18. The number of carbonyl (C=O) groups excluding carboxylic acids is 1. The third-order valence-electron chi connectivity index (χ3n) is 4.28. The fraction of sp³-hybridized carbons (Fsp3) is 0.368. The monoisotopic (exact) mass is 324 g/mol. The summed E-state index contributed by atoms with van der Waals surface area (Å²) < 4.78 is 0. The van der Waals surface area contributed by atoms with Gasteiger partial charge < -0.3 is 15.1 Å². The first kappa shape index (κ1) is 16.3. The van der Waals surface area contributed by atoms with Crippen LogP contribution in [0, 0.1) is 0 Å². The van der Waals surface area contributed by atoms with Crippen molar-refractivity contribution in [1.29, 1.82) is 0 Å². The molecule has 5 heteroatoms. The first-order valence-corrected chi connectivity index (χ1v) is 8.57. The van der Waals surface area contributed by atoms with E-state index < -0.39 is 0 Å². The number of hydrogen-bond donors (Lipinski definition) is 1. The molecule has 3 rings (SSSR count). The molecule has 1 aliphatic rings. The SMILES string of the molecule is CCCNC(=O)c1cc(N2CCN(c3ccccc3)CC2)ccn1. The van der Waals surface area contributed by atoms with Gasteiger partial charge in [0.1, 0.15) is 5.69 Å². The highest BCUT2D eigenvalue weighted by Crippen LogP contribution is 2.20. The van der Waals surface area contributed by atoms with E-state index in [0.29, 0.717) is 12.2 Å². The molecule has 5 nitrogen and oxygen atoms in total. The predicted octanol–water partition coefficient (Wildman–Crippen LogP) is 2.55. The van der Waals surface area contributed by atoms with Gasteiger partial charge in [0.25, 0.3) is 5.91 Å². The van der Waals surface area contributed by atoms with Gasteiger partial charge >= 0.3 is 0 Å². The van der Waals surface area contributed by atoms with Crippen LogP contribution in [0.4, 0.5) is 11.4 Å². The average Bonchev–Trinajstić information content (AvgIpc) is 2.67. The van der Waals surface area contributed by atoms with Crippen LogP contribution in [0.5, 0.6) is 0 Å². The van der Waals surface area contributed by atoms with E-state index in [-0.39, 0.29) is 5.91 Å². The molecule has 0 aliphatic carbocycles. The molecule has 1 aromatic heterocycles. The quantitative estimate of drug-likeness (QED) is 0.918. The van der Waals surface area contributed by atoms with Gasteiger partial charge in [-0.15, -0.1) is 0 Å². The second-order valence-electron chi connectivity index (χ2n) is 5.96. The molecular formula is C19H24N4O. The number of nitrogens with one attached hydrogen (secondary N) is 1. The Morgan fingerprint density at radius 2 is 1.71 bits per heavy atom. The molecule has 2 aromatic rings. The van der Waals surface area contributed by atoms with Crippen molar-refractivity contribution in [1.82, 2.24) is 10.3 Å². The second kappa shape index (κ2) is 7.81. The Morgan fingerprint density at radius 3 is 2.38 bits per heavy atom. The third-order valence-corrected chi connectivity index (χ3v) is 4.28. The molecule has 24 heavy (non-hydrogen) atoms. The van der Waals surface area contributed by atoms with Gasteiger partial charge in [-0.05, 0) is 30.7 Å². The standard InChI is InChI=1S/C19H24N4O/c1-2-9-21-19(24)18-15-17(8-10-20-18)23-13-11-22(12-14-23)16-6-4-3-5-7-16/h3-8,10,15H,2,9,11-14H2,1H3,(H,21,24). The minimum atomic E-state index is -0.0957. The largest absolute Gasteiger partial charge is 0.368 e. The predicted molar refractivity (Wildman–Crippen MR) is 97.7 cm³/mol. The number of amides is 1. The lowest BCUT2D eigenvalue weighted by atomic mass is 10.2. The summed E-state index contributed by atoms with van der Waals surface area (Å²) in [6, 6.07) is 14.4. The highest BCUT2D eigenvalue weighted by molar-refractivity contribution is 5.93. The molecule has 1 aliphatic heterocycles. The van der Waals surface area contributed by atoms with Crippen LogP contribution in [0.2, 0.25) is 0 Å². The van der Waals surface area contributed by atoms with Crippen molar-refractivity contribution in [3.05, 3.63) is 54.4 Å². The van der Waals surface area contributed by atoms with E-state index in [1.807, 2.05) is 25.1 Å². The maximum Gasteiger partial charge on any atom is 0.269 e. The molecule has 1 amide bonds. The van der Waals surface area contributed by atoms with Crippen molar-refractivity contribution >= 4 is 17.3 Å². The molecule has 126 valence electrons. The number of rotatable bonds is 5. The smallest absolute Gasteiger partial charge is 0.269 e. The van der Waals surface area contributed by atoms with Crippen molar-refractivity contribution in [2.24, 2.45) is 0 Å². The van der Waals surface area contributed by atoms with E-state index in [1.165, 1.54) is 5.69 Å². The number of carbonyl (C=O) groups is 1. The van der Waals surface area contributed by atoms with E-state index in [9.17, 15) is 4.79 Å². The molecule has 2 heterocycles. The van der Waals surface area contributed by atoms with Crippen LogP contribution in [0.3, 0.4) is 0 Å². The van der Waals surface area contributed by atoms with E-state index in [1.54, 1.807) is 6.20 Å². The molecule has 0 spiro atoms. The van der Waals surface area contributed by atoms with Crippen LogP contribution in [0.15, 0.2) is 48.7 Å². The van der Waals surface area contributed by atoms with Crippen molar-refractivity contribution in [3.8, 4) is 0 Å². The van der Waals surface area contributed by atoms with Crippen LogP contribution >= 0.6 is 0 Å². The van der Waals surface area contributed by atoms with Gasteiger partial charge in [-0.3, -0.25) is 9.78 Å². The number of benzene rings is 1. The minimum Gasteiger partial charge on any atom is -0.368 e. The van der Waals surface area contributed by atoms with E-state index in [2.05, 4.69) is 44.4 Å². The second-order valence-corrected chi connectivity index (χ2v) is 5.96. The molecule has 1 saturated heterocycles. The van der Waals surface area contributed by atoms with Gasteiger partial charge in [0.2, 0.25) is 0 Å². The lowest BCUT2D eigenvalue weighted by molar-refractivity contribution is 0.0948. The number of hydrogen-bond acceptors (Lipinski definition) is 4. The third kappa shape index (κ3) is 3.85. The lowest BCUT2D eigenvalue weighted by Crippen LogP contribution is -2.46. The maximum atomic E-state index is 12.1. The molecule has 1 aromatic carbocycles. The summed E-state index contributed by atoms with van der Waals surface area (Å²) in [5.74, 6) is -0.0957. The Labute approximate surface area is 143 Å². The van der Waals surface area contributed by atoms with Crippen LogP contribution in [0.1, 0.15) is 23.8 Å². The Kier molecular flexibility index (Phi) is 5.31. The number of anilines is 2. The first-order valence-electron chi connectivity index (χ1n) is 8.57. The number of nitrogens with zero attached hydrogens (tertiary/aromatic N) is 3. The summed E-state index contributed by atoms with van der Waals surface area (Å²) >= 11 is 0. The number of para-hydroxylation sites is 1. The van der Waals surface area contributed by atoms with E-state index in [0.717, 1.165) is 38.3 Å². The Bertz CT molecular complexity index is 666. The Morgan fingerprint density at radius 1 is 1.04 bits per heavy atom. The van der Waals surface area contributed by atoms with Crippen LogP contribution < -0.4 is 15.1 Å². The normalized spacial score (nSPS) is 14.5. The first-order chi connectivity index (χ1) is 11.8.